The van der Waals surface area contributed by atoms with Crippen LogP contribution < -0.4 is 10.6 Å². The minimum absolute atomic E-state index is 0.163. The summed E-state index contributed by atoms with van der Waals surface area (Å²) in [5.74, 6) is 0.336. The van der Waals surface area contributed by atoms with Crippen LogP contribution in [-0.2, 0) is 11.2 Å². The molecule has 1 aromatic heterocycles. The van der Waals surface area contributed by atoms with Gasteiger partial charge in [-0.05, 0) is 36.2 Å². The molecule has 1 aromatic carbocycles. The Bertz CT molecular complexity index is 716. The fourth-order valence-electron chi connectivity index (χ4n) is 2.87. The summed E-state index contributed by atoms with van der Waals surface area (Å²) in [7, 11) is 0. The van der Waals surface area contributed by atoms with Gasteiger partial charge in [-0.25, -0.2) is 9.37 Å². The molecule has 1 aliphatic rings. The van der Waals surface area contributed by atoms with Crippen molar-refractivity contribution in [2.24, 2.45) is 0 Å². The van der Waals surface area contributed by atoms with Gasteiger partial charge in [0.15, 0.2) is 0 Å². The number of amides is 1. The molecule has 0 spiro atoms. The molecule has 144 valence electrons. The molecular formula is C20H25FN4O2. The number of hydrogen-bond acceptors (Lipinski definition) is 5. The van der Waals surface area contributed by atoms with Gasteiger partial charge in [-0.3, -0.25) is 9.69 Å². The highest BCUT2D eigenvalue weighted by Crippen LogP contribution is 2.06. The molecule has 0 aliphatic carbocycles. The highest BCUT2D eigenvalue weighted by atomic mass is 19.1. The summed E-state index contributed by atoms with van der Waals surface area (Å²) in [6.07, 6.45) is 2.23. The predicted octanol–water partition coefficient (Wildman–Crippen LogP) is 1.94. The summed E-state index contributed by atoms with van der Waals surface area (Å²) in [4.78, 5) is 18.8. The average Bonchev–Trinajstić information content (AvgIpc) is 2.71. The van der Waals surface area contributed by atoms with E-state index >= 15 is 0 Å². The van der Waals surface area contributed by atoms with Gasteiger partial charge < -0.3 is 15.4 Å². The SMILES string of the molecule is O=C(NCCc1ccc(F)cc1)c1ccc(NCCN2CCOCC2)nc1. The molecule has 1 saturated heterocycles. The van der Waals surface area contributed by atoms with Gasteiger partial charge in [-0.1, -0.05) is 12.1 Å². The first kappa shape index (κ1) is 19.3. The molecule has 1 fully saturated rings. The number of halogens is 1. The Hall–Kier alpha value is -2.51. The summed E-state index contributed by atoms with van der Waals surface area (Å²) in [5.41, 5.74) is 1.50. The van der Waals surface area contributed by atoms with E-state index in [1.54, 1.807) is 24.4 Å². The van der Waals surface area contributed by atoms with Crippen LogP contribution >= 0.6 is 0 Å². The molecule has 3 rings (SSSR count). The van der Waals surface area contributed by atoms with Crippen LogP contribution in [0.25, 0.3) is 0 Å². The van der Waals surface area contributed by atoms with Crippen LogP contribution in [-0.4, -0.2) is 61.7 Å². The van der Waals surface area contributed by atoms with Crippen LogP contribution in [0, 0.1) is 5.82 Å². The van der Waals surface area contributed by atoms with E-state index < -0.39 is 0 Å². The first-order valence-electron chi connectivity index (χ1n) is 9.23. The third-order valence-corrected chi connectivity index (χ3v) is 4.48. The van der Waals surface area contributed by atoms with E-state index in [9.17, 15) is 9.18 Å². The smallest absolute Gasteiger partial charge is 0.252 e. The Morgan fingerprint density at radius 1 is 1.11 bits per heavy atom. The molecule has 6 nitrogen and oxygen atoms in total. The largest absolute Gasteiger partial charge is 0.379 e. The topological polar surface area (TPSA) is 66.5 Å². The monoisotopic (exact) mass is 372 g/mol. The molecule has 2 aromatic rings. The first-order chi connectivity index (χ1) is 13.2. The van der Waals surface area contributed by atoms with Gasteiger partial charge in [-0.15, -0.1) is 0 Å². The lowest BCUT2D eigenvalue weighted by Crippen LogP contribution is -2.39. The normalized spacial score (nSPS) is 14.7. The third kappa shape index (κ3) is 6.30. The van der Waals surface area contributed by atoms with Crippen molar-refractivity contribution >= 4 is 11.7 Å². The van der Waals surface area contributed by atoms with E-state index in [1.807, 2.05) is 6.07 Å². The Balaban J connectivity index is 1.38. The predicted molar refractivity (Wildman–Crippen MR) is 102 cm³/mol. The summed E-state index contributed by atoms with van der Waals surface area (Å²) in [5, 5.41) is 6.13. The van der Waals surface area contributed by atoms with Crippen molar-refractivity contribution in [2.45, 2.75) is 6.42 Å². The molecule has 7 heteroatoms. The Morgan fingerprint density at radius 2 is 1.89 bits per heavy atom. The van der Waals surface area contributed by atoms with E-state index in [-0.39, 0.29) is 11.7 Å². The Morgan fingerprint density at radius 3 is 2.59 bits per heavy atom. The van der Waals surface area contributed by atoms with E-state index in [0.29, 0.717) is 18.5 Å². The van der Waals surface area contributed by atoms with Gasteiger partial charge in [0.2, 0.25) is 0 Å². The summed E-state index contributed by atoms with van der Waals surface area (Å²) in [6, 6.07) is 9.87. The molecule has 0 saturated carbocycles. The molecule has 0 radical (unpaired) electrons. The molecule has 0 bridgehead atoms. The lowest BCUT2D eigenvalue weighted by atomic mass is 10.1. The van der Waals surface area contributed by atoms with E-state index in [2.05, 4.69) is 20.5 Å². The van der Waals surface area contributed by atoms with Gasteiger partial charge in [0.1, 0.15) is 11.6 Å². The Kier molecular flexibility index (Phi) is 7.12. The zero-order valence-electron chi connectivity index (χ0n) is 15.3. The van der Waals surface area contributed by atoms with Gasteiger partial charge in [0.05, 0.1) is 18.8 Å². The molecule has 2 N–H and O–H groups in total. The van der Waals surface area contributed by atoms with Crippen molar-refractivity contribution in [2.75, 3.05) is 51.3 Å². The molecule has 0 unspecified atom stereocenters. The minimum atomic E-state index is -0.257. The lowest BCUT2D eigenvalue weighted by molar-refractivity contribution is 0.0398. The van der Waals surface area contributed by atoms with Crippen LogP contribution in [0.5, 0.6) is 0 Å². The minimum Gasteiger partial charge on any atom is -0.379 e. The molecule has 2 heterocycles. The molecule has 1 aliphatic heterocycles. The maximum Gasteiger partial charge on any atom is 0.252 e. The molecule has 27 heavy (non-hydrogen) atoms. The summed E-state index contributed by atoms with van der Waals surface area (Å²) >= 11 is 0. The maximum absolute atomic E-state index is 12.9. The van der Waals surface area contributed by atoms with Gasteiger partial charge >= 0.3 is 0 Å². The van der Waals surface area contributed by atoms with E-state index in [4.69, 9.17) is 4.74 Å². The number of anilines is 1. The number of rotatable bonds is 8. The number of aromatic nitrogens is 1. The number of benzene rings is 1. The maximum atomic E-state index is 12.9. The third-order valence-electron chi connectivity index (χ3n) is 4.48. The van der Waals surface area contributed by atoms with Gasteiger partial charge in [0.25, 0.3) is 5.91 Å². The fourth-order valence-corrected chi connectivity index (χ4v) is 2.87. The van der Waals surface area contributed by atoms with Crippen molar-refractivity contribution in [3.63, 3.8) is 0 Å². The van der Waals surface area contributed by atoms with E-state index in [0.717, 1.165) is 50.8 Å². The second kappa shape index (κ2) is 9.99. The number of carbonyl (C=O) groups excluding carboxylic acids is 1. The van der Waals surface area contributed by atoms with Crippen molar-refractivity contribution in [3.8, 4) is 0 Å². The second-order valence-corrected chi connectivity index (χ2v) is 6.45. The highest BCUT2D eigenvalue weighted by Gasteiger charge is 2.10. The summed E-state index contributed by atoms with van der Waals surface area (Å²) in [6.45, 7) is 5.75. The number of morpholine rings is 1. The highest BCUT2D eigenvalue weighted by molar-refractivity contribution is 5.94. The average molecular weight is 372 g/mol. The van der Waals surface area contributed by atoms with Crippen molar-refractivity contribution in [1.29, 1.82) is 0 Å². The zero-order chi connectivity index (χ0) is 18.9. The molecular weight excluding hydrogens is 347 g/mol. The van der Waals surface area contributed by atoms with E-state index in [1.165, 1.54) is 12.1 Å². The summed E-state index contributed by atoms with van der Waals surface area (Å²) < 4.78 is 18.2. The Labute approximate surface area is 158 Å². The fraction of sp³-hybridized carbons (Fsp3) is 0.400. The van der Waals surface area contributed by atoms with Crippen molar-refractivity contribution in [1.82, 2.24) is 15.2 Å². The quantitative estimate of drug-likeness (QED) is 0.741. The van der Waals surface area contributed by atoms with Crippen LogP contribution in [0.4, 0.5) is 10.2 Å². The van der Waals surface area contributed by atoms with Crippen molar-refractivity contribution < 1.29 is 13.9 Å². The van der Waals surface area contributed by atoms with Crippen LogP contribution in [0.3, 0.4) is 0 Å². The number of nitrogens with zero attached hydrogens (tertiary/aromatic N) is 2. The number of hydrogen-bond donors (Lipinski definition) is 2. The van der Waals surface area contributed by atoms with Crippen molar-refractivity contribution in [3.05, 3.63) is 59.5 Å². The van der Waals surface area contributed by atoms with Crippen LogP contribution in [0.1, 0.15) is 15.9 Å². The number of carbonyl (C=O) groups is 1. The molecule has 1 amide bonds. The van der Waals surface area contributed by atoms with Crippen LogP contribution in [0.15, 0.2) is 42.6 Å². The van der Waals surface area contributed by atoms with Gasteiger partial charge in [-0.2, -0.15) is 0 Å². The number of pyridine rings is 1. The number of ether oxygens (including phenoxy) is 1. The first-order valence-corrected chi connectivity index (χ1v) is 9.23. The van der Waals surface area contributed by atoms with Gasteiger partial charge in [0, 0.05) is 38.9 Å². The number of nitrogens with one attached hydrogen (secondary N) is 2. The lowest BCUT2D eigenvalue weighted by Gasteiger charge is -2.26. The molecule has 0 atom stereocenters. The zero-order valence-corrected chi connectivity index (χ0v) is 15.3. The van der Waals surface area contributed by atoms with Crippen LogP contribution in [0.2, 0.25) is 0 Å². The second-order valence-electron chi connectivity index (χ2n) is 6.45. The standard InChI is InChI=1S/C20H25FN4O2/c21-18-4-1-16(2-5-18)7-8-23-20(26)17-3-6-19(24-15-17)22-9-10-25-11-13-27-14-12-25/h1-6,15H,7-14H2,(H,22,24)(H,23,26).